The maximum atomic E-state index is 13.4. The van der Waals surface area contributed by atoms with Gasteiger partial charge in [-0.2, -0.15) is 0 Å². The molecule has 162 valence electrons. The molecule has 1 saturated heterocycles. The van der Waals surface area contributed by atoms with Gasteiger partial charge in [0.1, 0.15) is 17.2 Å². The van der Waals surface area contributed by atoms with E-state index in [0.717, 1.165) is 41.2 Å². The number of aromatic nitrogens is 3. The lowest BCUT2D eigenvalue weighted by Crippen LogP contribution is -2.41. The Morgan fingerprint density at radius 3 is 2.32 bits per heavy atom. The highest BCUT2D eigenvalue weighted by atomic mass is 19.1. The number of halogens is 1. The van der Waals surface area contributed by atoms with Crippen LogP contribution in [0.5, 0.6) is 0 Å². The van der Waals surface area contributed by atoms with Gasteiger partial charge in [0.15, 0.2) is 0 Å². The number of benzene rings is 1. The summed E-state index contributed by atoms with van der Waals surface area (Å²) in [6, 6.07) is 10.2. The fourth-order valence-corrected chi connectivity index (χ4v) is 3.79. The first-order valence-electron chi connectivity index (χ1n) is 10.5. The number of ether oxygens (including phenoxy) is 1. The number of hydrogen-bond acceptors (Lipinski definition) is 4. The summed E-state index contributed by atoms with van der Waals surface area (Å²) < 4.78 is 18.9. The molecule has 0 spiro atoms. The van der Waals surface area contributed by atoms with Crippen LogP contribution in [0, 0.1) is 5.82 Å². The van der Waals surface area contributed by atoms with Gasteiger partial charge in [-0.15, -0.1) is 0 Å². The molecule has 7 heteroatoms. The van der Waals surface area contributed by atoms with Crippen LogP contribution in [0.1, 0.15) is 45.4 Å². The van der Waals surface area contributed by atoms with Gasteiger partial charge < -0.3 is 14.6 Å². The van der Waals surface area contributed by atoms with Gasteiger partial charge in [0.25, 0.3) is 0 Å². The first-order chi connectivity index (χ1) is 14.8. The number of rotatable bonds is 3. The number of imidazole rings is 1. The highest BCUT2D eigenvalue weighted by Crippen LogP contribution is 2.35. The number of nitrogens with zero attached hydrogens (tertiary/aromatic N) is 3. The van der Waals surface area contributed by atoms with Crippen molar-refractivity contribution in [3.63, 3.8) is 0 Å². The SMILES string of the molecule is CC(C)(C)OC(=O)N1CCC(c2nc(-c3ccc(F)cc3)c(-c3ccncc3)[nH]2)CC1. The van der Waals surface area contributed by atoms with Crippen molar-refractivity contribution in [2.45, 2.75) is 45.1 Å². The number of amides is 1. The zero-order valence-electron chi connectivity index (χ0n) is 18.1. The van der Waals surface area contributed by atoms with Crippen LogP contribution < -0.4 is 0 Å². The Labute approximate surface area is 181 Å². The number of piperidine rings is 1. The Bertz CT molecular complexity index is 1030. The summed E-state index contributed by atoms with van der Waals surface area (Å²) in [6.07, 6.45) is 4.80. The monoisotopic (exact) mass is 422 g/mol. The highest BCUT2D eigenvalue weighted by Gasteiger charge is 2.29. The van der Waals surface area contributed by atoms with Crippen LogP contribution in [0.3, 0.4) is 0 Å². The lowest BCUT2D eigenvalue weighted by Gasteiger charge is -2.32. The van der Waals surface area contributed by atoms with E-state index >= 15 is 0 Å². The quantitative estimate of drug-likeness (QED) is 0.614. The third-order valence-electron chi connectivity index (χ3n) is 5.34. The predicted molar refractivity (Wildman–Crippen MR) is 117 cm³/mol. The lowest BCUT2D eigenvalue weighted by molar-refractivity contribution is 0.0203. The fraction of sp³-hybridized carbons (Fsp3) is 0.375. The molecule has 1 fully saturated rings. The lowest BCUT2D eigenvalue weighted by atomic mass is 9.96. The summed E-state index contributed by atoms with van der Waals surface area (Å²) in [5.41, 5.74) is 2.99. The maximum Gasteiger partial charge on any atom is 0.410 e. The van der Waals surface area contributed by atoms with Crippen LogP contribution in [0.4, 0.5) is 9.18 Å². The minimum absolute atomic E-state index is 0.202. The Kier molecular flexibility index (Phi) is 5.76. The van der Waals surface area contributed by atoms with E-state index in [0.29, 0.717) is 13.1 Å². The van der Waals surface area contributed by atoms with E-state index in [-0.39, 0.29) is 17.8 Å². The summed E-state index contributed by atoms with van der Waals surface area (Å²) in [5, 5.41) is 0. The average Bonchev–Trinajstić information content (AvgIpc) is 3.19. The molecule has 0 radical (unpaired) electrons. The number of pyridine rings is 1. The molecule has 2 aromatic heterocycles. The Morgan fingerprint density at radius 2 is 1.71 bits per heavy atom. The largest absolute Gasteiger partial charge is 0.444 e. The Morgan fingerprint density at radius 1 is 1.06 bits per heavy atom. The van der Waals surface area contributed by atoms with Crippen molar-refractivity contribution in [3.8, 4) is 22.5 Å². The summed E-state index contributed by atoms with van der Waals surface area (Å²) in [5.74, 6) is 0.808. The van der Waals surface area contributed by atoms with E-state index in [1.165, 1.54) is 12.1 Å². The topological polar surface area (TPSA) is 71.1 Å². The number of nitrogens with one attached hydrogen (secondary N) is 1. The summed E-state index contributed by atoms with van der Waals surface area (Å²) in [4.78, 5) is 26.6. The zero-order chi connectivity index (χ0) is 22.0. The van der Waals surface area contributed by atoms with Crippen molar-refractivity contribution in [1.29, 1.82) is 0 Å². The number of hydrogen-bond donors (Lipinski definition) is 1. The number of likely N-dealkylation sites (tertiary alicyclic amines) is 1. The fourth-order valence-electron chi connectivity index (χ4n) is 3.79. The van der Waals surface area contributed by atoms with Gasteiger partial charge in [0.2, 0.25) is 0 Å². The molecule has 0 bridgehead atoms. The zero-order valence-corrected chi connectivity index (χ0v) is 18.1. The first-order valence-corrected chi connectivity index (χ1v) is 10.5. The Balaban J connectivity index is 1.57. The Hall–Kier alpha value is -3.22. The smallest absolute Gasteiger partial charge is 0.410 e. The van der Waals surface area contributed by atoms with Crippen LogP contribution in [0.25, 0.3) is 22.5 Å². The molecule has 3 heterocycles. The molecule has 31 heavy (non-hydrogen) atoms. The van der Waals surface area contributed by atoms with Crippen LogP contribution in [-0.2, 0) is 4.74 Å². The van der Waals surface area contributed by atoms with Gasteiger partial charge >= 0.3 is 6.09 Å². The maximum absolute atomic E-state index is 13.4. The second-order valence-corrected chi connectivity index (χ2v) is 8.83. The van der Waals surface area contributed by atoms with E-state index in [9.17, 15) is 9.18 Å². The van der Waals surface area contributed by atoms with Gasteiger partial charge in [-0.05, 0) is 70.0 Å². The molecule has 0 aliphatic carbocycles. The van der Waals surface area contributed by atoms with Crippen LogP contribution in [0.2, 0.25) is 0 Å². The van der Waals surface area contributed by atoms with E-state index in [2.05, 4.69) is 9.97 Å². The van der Waals surface area contributed by atoms with E-state index in [1.54, 1.807) is 29.4 Å². The third kappa shape index (κ3) is 4.93. The van der Waals surface area contributed by atoms with Crippen molar-refractivity contribution in [1.82, 2.24) is 19.9 Å². The van der Waals surface area contributed by atoms with Crippen molar-refractivity contribution < 1.29 is 13.9 Å². The molecule has 4 rings (SSSR count). The predicted octanol–water partition coefficient (Wildman–Crippen LogP) is 5.39. The molecule has 1 aliphatic heterocycles. The van der Waals surface area contributed by atoms with Gasteiger partial charge in [0.05, 0.1) is 11.4 Å². The van der Waals surface area contributed by atoms with Gasteiger partial charge in [-0.1, -0.05) is 0 Å². The molecular weight excluding hydrogens is 395 g/mol. The number of H-pyrrole nitrogens is 1. The molecule has 0 saturated carbocycles. The minimum Gasteiger partial charge on any atom is -0.444 e. The van der Waals surface area contributed by atoms with E-state index in [4.69, 9.17) is 9.72 Å². The van der Waals surface area contributed by atoms with E-state index in [1.807, 2.05) is 32.9 Å². The van der Waals surface area contributed by atoms with Crippen molar-refractivity contribution in [2.75, 3.05) is 13.1 Å². The van der Waals surface area contributed by atoms with E-state index < -0.39 is 5.60 Å². The normalized spacial score (nSPS) is 15.2. The van der Waals surface area contributed by atoms with Crippen LogP contribution >= 0.6 is 0 Å². The average molecular weight is 423 g/mol. The first kappa shape index (κ1) is 21.0. The number of aromatic amines is 1. The van der Waals surface area contributed by atoms with Gasteiger partial charge in [-0.3, -0.25) is 4.98 Å². The molecule has 0 atom stereocenters. The second-order valence-electron chi connectivity index (χ2n) is 8.83. The molecule has 1 amide bonds. The second kappa shape index (κ2) is 8.49. The van der Waals surface area contributed by atoms with Gasteiger partial charge in [0, 0.05) is 42.5 Å². The van der Waals surface area contributed by atoms with Gasteiger partial charge in [-0.25, -0.2) is 14.2 Å². The summed E-state index contributed by atoms with van der Waals surface area (Å²) >= 11 is 0. The van der Waals surface area contributed by atoms with Crippen LogP contribution in [-0.4, -0.2) is 44.6 Å². The summed E-state index contributed by atoms with van der Waals surface area (Å²) in [7, 11) is 0. The summed E-state index contributed by atoms with van der Waals surface area (Å²) in [6.45, 7) is 6.86. The molecule has 3 aromatic rings. The third-order valence-corrected chi connectivity index (χ3v) is 5.34. The van der Waals surface area contributed by atoms with Crippen molar-refractivity contribution in [3.05, 3.63) is 60.4 Å². The molecule has 1 aliphatic rings. The molecule has 0 unspecified atom stereocenters. The molecule has 1 aromatic carbocycles. The van der Waals surface area contributed by atoms with Crippen molar-refractivity contribution in [2.24, 2.45) is 0 Å². The molecule has 1 N–H and O–H groups in total. The standard InChI is InChI=1S/C24H27FN4O2/c1-24(2,3)31-23(30)29-14-10-18(11-15-29)22-27-20(16-4-6-19(25)7-5-16)21(28-22)17-8-12-26-13-9-17/h4-9,12-13,18H,10-11,14-15H2,1-3H3,(H,27,28). The highest BCUT2D eigenvalue weighted by molar-refractivity contribution is 5.78. The molecule has 6 nitrogen and oxygen atoms in total. The number of carbonyl (C=O) groups is 1. The number of carbonyl (C=O) groups excluding carboxylic acids is 1. The van der Waals surface area contributed by atoms with Crippen molar-refractivity contribution >= 4 is 6.09 Å². The van der Waals surface area contributed by atoms with Crippen LogP contribution in [0.15, 0.2) is 48.8 Å². The minimum atomic E-state index is -0.502. The molecular formula is C24H27FN4O2.